The quantitative estimate of drug-likeness (QED) is 0.362. The van der Waals surface area contributed by atoms with E-state index >= 15 is 0 Å². The Morgan fingerprint density at radius 3 is 2.39 bits per heavy atom. The molecule has 0 radical (unpaired) electrons. The largest absolute Gasteiger partial charge is 0.497 e. The Morgan fingerprint density at radius 1 is 1.04 bits per heavy atom. The molecule has 3 rings (SSSR count). The van der Waals surface area contributed by atoms with Crippen molar-refractivity contribution in [2.75, 3.05) is 6.61 Å². The fraction of sp³-hybridized carbons (Fsp3) is 0.333. The molecular formula is C24H27NO3. The van der Waals surface area contributed by atoms with E-state index < -0.39 is 0 Å². The van der Waals surface area contributed by atoms with Crippen LogP contribution in [0, 0.1) is 17.2 Å². The first-order valence-corrected chi connectivity index (χ1v) is 9.78. The molecule has 0 unspecified atom stereocenters. The predicted octanol–water partition coefficient (Wildman–Crippen LogP) is 5.40. The fourth-order valence-corrected chi connectivity index (χ4v) is 3.62. The number of ether oxygens (including phenoxy) is 2. The minimum absolute atomic E-state index is 0.224. The highest BCUT2D eigenvalue weighted by atomic mass is 16.5. The van der Waals surface area contributed by atoms with E-state index in [1.165, 1.54) is 12.5 Å². The number of rotatable bonds is 9. The van der Waals surface area contributed by atoms with Crippen LogP contribution in [0.1, 0.15) is 36.8 Å². The molecule has 4 heteroatoms. The summed E-state index contributed by atoms with van der Waals surface area (Å²) in [5.74, 6) is 1.45. The minimum atomic E-state index is 0.224. The maximum atomic E-state index is 10.9. The number of hydrogen-bond acceptors (Lipinski definition) is 4. The highest BCUT2D eigenvalue weighted by Gasteiger charge is 2.21. The summed E-state index contributed by atoms with van der Waals surface area (Å²) < 4.78 is 11.2. The first-order chi connectivity index (χ1) is 13.7. The van der Waals surface area contributed by atoms with E-state index in [-0.39, 0.29) is 5.92 Å². The topological polar surface area (TPSA) is 59.4 Å². The normalized spacial score (nSPS) is 18.9. The Kier molecular flexibility index (Phi) is 7.01. The Bertz CT molecular complexity index is 805. The number of hydrogen-bond donors (Lipinski definition) is 1. The summed E-state index contributed by atoms with van der Waals surface area (Å²) in [6, 6.07) is 14.1. The molecule has 1 aliphatic rings. The average Bonchev–Trinajstić information content (AvgIpc) is 2.77. The predicted molar refractivity (Wildman–Crippen MR) is 112 cm³/mol. The van der Waals surface area contributed by atoms with Gasteiger partial charge in [0.15, 0.2) is 0 Å². The molecule has 0 spiro atoms. The number of benzene rings is 2. The second-order valence-corrected chi connectivity index (χ2v) is 7.30. The zero-order valence-corrected chi connectivity index (χ0v) is 16.1. The summed E-state index contributed by atoms with van der Waals surface area (Å²) in [6.07, 6.45) is 7.85. The van der Waals surface area contributed by atoms with Gasteiger partial charge in [0.2, 0.25) is 0 Å². The zero-order valence-electron chi connectivity index (χ0n) is 16.1. The third-order valence-corrected chi connectivity index (χ3v) is 5.38. The molecule has 0 aromatic heterocycles. The molecule has 1 saturated carbocycles. The second kappa shape index (κ2) is 9.88. The van der Waals surface area contributed by atoms with E-state index in [0.717, 1.165) is 60.0 Å². The highest BCUT2D eigenvalue weighted by molar-refractivity contribution is 5.84. The Hall–Kier alpha value is -2.88. The molecule has 146 valence electrons. The smallest absolute Gasteiger partial charge is 0.128 e. The molecule has 1 aliphatic carbocycles. The highest BCUT2D eigenvalue weighted by Crippen LogP contribution is 2.30. The van der Waals surface area contributed by atoms with Gasteiger partial charge in [-0.25, -0.2) is 0 Å². The van der Waals surface area contributed by atoms with Crippen molar-refractivity contribution >= 4 is 12.5 Å². The first-order valence-electron chi connectivity index (χ1n) is 9.78. The molecule has 1 fully saturated rings. The van der Waals surface area contributed by atoms with Crippen LogP contribution in [0.25, 0.3) is 11.1 Å². The number of aldehydes is 1. The van der Waals surface area contributed by atoms with Crippen molar-refractivity contribution in [3.8, 4) is 16.9 Å². The lowest BCUT2D eigenvalue weighted by atomic mass is 9.83. The summed E-state index contributed by atoms with van der Waals surface area (Å²) in [6.45, 7) is 4.70. The Labute approximate surface area is 166 Å². The van der Waals surface area contributed by atoms with Crippen LogP contribution in [0.2, 0.25) is 0 Å². The number of carbonyl (C=O) groups excluding carboxylic acids is 1. The molecule has 2 aromatic rings. The monoisotopic (exact) mass is 377 g/mol. The van der Waals surface area contributed by atoms with E-state index in [9.17, 15) is 4.79 Å². The summed E-state index contributed by atoms with van der Waals surface area (Å²) in [4.78, 5) is 10.9. The van der Waals surface area contributed by atoms with Gasteiger partial charge in [0, 0.05) is 17.7 Å². The van der Waals surface area contributed by atoms with Crippen molar-refractivity contribution in [2.45, 2.75) is 32.3 Å². The van der Waals surface area contributed by atoms with E-state index in [4.69, 9.17) is 14.9 Å². The van der Waals surface area contributed by atoms with Gasteiger partial charge >= 0.3 is 0 Å². The van der Waals surface area contributed by atoms with Crippen molar-refractivity contribution < 1.29 is 14.3 Å². The van der Waals surface area contributed by atoms with Crippen LogP contribution in [0.15, 0.2) is 55.3 Å². The van der Waals surface area contributed by atoms with Crippen LogP contribution in [0.3, 0.4) is 0 Å². The van der Waals surface area contributed by atoms with E-state index in [1.54, 1.807) is 0 Å². The van der Waals surface area contributed by atoms with E-state index in [0.29, 0.717) is 19.1 Å². The van der Waals surface area contributed by atoms with Gasteiger partial charge in [0.05, 0.1) is 12.9 Å². The maximum Gasteiger partial charge on any atom is 0.128 e. The summed E-state index contributed by atoms with van der Waals surface area (Å²) in [5, 5.41) is 7.76. The van der Waals surface area contributed by atoms with Crippen molar-refractivity contribution in [2.24, 2.45) is 11.8 Å². The fourth-order valence-electron chi connectivity index (χ4n) is 3.62. The van der Waals surface area contributed by atoms with Gasteiger partial charge in [-0.2, -0.15) is 0 Å². The molecule has 0 saturated heterocycles. The Balaban J connectivity index is 1.64. The van der Waals surface area contributed by atoms with Crippen LogP contribution in [0.5, 0.6) is 5.75 Å². The molecule has 4 nitrogen and oxygen atoms in total. The molecule has 0 amide bonds. The zero-order chi connectivity index (χ0) is 19.8. The standard InChI is InChI=1S/C24H27NO3/c1-2-27-16-19-7-9-21(10-8-19)22-11-12-24(23(13-22)14-25)28-17-20-5-3-18(15-26)4-6-20/h2,7-15,18,20,25H,1,3-6,16-17H2. The molecule has 0 aliphatic heterocycles. The van der Waals surface area contributed by atoms with Crippen LogP contribution < -0.4 is 4.74 Å². The molecule has 28 heavy (non-hydrogen) atoms. The van der Waals surface area contributed by atoms with Gasteiger partial charge in [0.1, 0.15) is 18.6 Å². The molecule has 2 aromatic carbocycles. The van der Waals surface area contributed by atoms with Gasteiger partial charge in [-0.1, -0.05) is 36.9 Å². The van der Waals surface area contributed by atoms with Gasteiger partial charge in [-0.15, -0.1) is 0 Å². The lowest BCUT2D eigenvalue weighted by Crippen LogP contribution is -2.20. The van der Waals surface area contributed by atoms with Crippen molar-refractivity contribution in [3.63, 3.8) is 0 Å². The van der Waals surface area contributed by atoms with Gasteiger partial charge in [-0.3, -0.25) is 0 Å². The third-order valence-electron chi connectivity index (χ3n) is 5.38. The SMILES string of the molecule is C=COCc1ccc(-c2ccc(OCC3CCC(C=O)CC3)c(C=N)c2)cc1. The molecular weight excluding hydrogens is 350 g/mol. The van der Waals surface area contributed by atoms with Crippen LogP contribution in [-0.2, 0) is 16.1 Å². The van der Waals surface area contributed by atoms with Crippen LogP contribution in [-0.4, -0.2) is 19.1 Å². The second-order valence-electron chi connectivity index (χ2n) is 7.30. The number of nitrogens with one attached hydrogen (secondary N) is 1. The number of carbonyl (C=O) groups is 1. The third kappa shape index (κ3) is 5.10. The Morgan fingerprint density at radius 2 is 1.75 bits per heavy atom. The minimum Gasteiger partial charge on any atom is -0.497 e. The molecule has 1 N–H and O–H groups in total. The summed E-state index contributed by atoms with van der Waals surface area (Å²) in [5.41, 5.74) is 4.00. The summed E-state index contributed by atoms with van der Waals surface area (Å²) in [7, 11) is 0. The molecule has 0 heterocycles. The lowest BCUT2D eigenvalue weighted by Gasteiger charge is -2.25. The summed E-state index contributed by atoms with van der Waals surface area (Å²) >= 11 is 0. The molecule has 0 bridgehead atoms. The maximum absolute atomic E-state index is 10.9. The molecule has 0 atom stereocenters. The van der Waals surface area contributed by atoms with Crippen molar-refractivity contribution in [1.29, 1.82) is 5.41 Å². The van der Waals surface area contributed by atoms with E-state index in [2.05, 4.69) is 18.7 Å². The first kappa shape index (κ1) is 19.9. The average molecular weight is 377 g/mol. The van der Waals surface area contributed by atoms with Crippen molar-refractivity contribution in [3.05, 3.63) is 66.4 Å². The van der Waals surface area contributed by atoms with Gasteiger partial charge < -0.3 is 19.7 Å². The van der Waals surface area contributed by atoms with E-state index in [1.807, 2.05) is 30.3 Å². The van der Waals surface area contributed by atoms with Gasteiger partial charge in [-0.05, 0) is 60.4 Å². The van der Waals surface area contributed by atoms with Gasteiger partial charge in [0.25, 0.3) is 0 Å². The van der Waals surface area contributed by atoms with Crippen LogP contribution >= 0.6 is 0 Å². The van der Waals surface area contributed by atoms with Crippen molar-refractivity contribution in [1.82, 2.24) is 0 Å². The lowest BCUT2D eigenvalue weighted by molar-refractivity contribution is -0.112. The van der Waals surface area contributed by atoms with Crippen LogP contribution in [0.4, 0.5) is 0 Å².